The van der Waals surface area contributed by atoms with Crippen molar-refractivity contribution in [3.63, 3.8) is 0 Å². The van der Waals surface area contributed by atoms with Crippen LogP contribution in [0.15, 0.2) is 17.1 Å². The van der Waals surface area contributed by atoms with E-state index in [0.29, 0.717) is 5.56 Å². The minimum atomic E-state index is -5.68. The zero-order chi connectivity index (χ0) is 24.3. The number of phosphoric ester groups is 1. The van der Waals surface area contributed by atoms with Gasteiger partial charge in [-0.25, -0.2) is 18.5 Å². The Morgan fingerprint density at radius 1 is 1.22 bits per heavy atom. The number of aliphatic hydroxyl groups is 1. The highest BCUT2D eigenvalue weighted by molar-refractivity contribution is 7.66. The molecule has 17 nitrogen and oxygen atoms in total. The second-order valence-corrected chi connectivity index (χ2v) is 10.6. The summed E-state index contributed by atoms with van der Waals surface area (Å²) in [7, 11) is -16.6. The van der Waals surface area contributed by atoms with Crippen molar-refractivity contribution in [2.45, 2.75) is 24.9 Å². The fourth-order valence-electron chi connectivity index (χ4n) is 2.53. The average molecular weight is 522 g/mol. The van der Waals surface area contributed by atoms with Crippen molar-refractivity contribution < 1.29 is 56.3 Å². The predicted molar refractivity (Wildman–Crippen MR) is 105 cm³/mol. The van der Waals surface area contributed by atoms with Gasteiger partial charge in [0.15, 0.2) is 0 Å². The molecule has 1 saturated heterocycles. The van der Waals surface area contributed by atoms with Crippen LogP contribution >= 0.6 is 23.5 Å². The SMILES string of the molecule is NCC=Cc1cn([C@H]2C[C@@H](O)[C@@H](COP(=O)(O)OP(=O)(O)OP(=O)(O)O)O2)c(=O)nc1N. The van der Waals surface area contributed by atoms with E-state index in [1.54, 1.807) is 6.08 Å². The number of hydrogen-bond donors (Lipinski definition) is 7. The quantitative estimate of drug-likeness (QED) is 0.177. The van der Waals surface area contributed by atoms with Crippen molar-refractivity contribution in [1.29, 1.82) is 0 Å². The summed E-state index contributed by atoms with van der Waals surface area (Å²) < 4.78 is 51.7. The van der Waals surface area contributed by atoms with E-state index >= 15 is 0 Å². The minimum absolute atomic E-state index is 0.0706. The molecule has 1 fully saturated rings. The van der Waals surface area contributed by atoms with Gasteiger partial charge in [0.25, 0.3) is 0 Å². The second kappa shape index (κ2) is 10.3. The van der Waals surface area contributed by atoms with E-state index < -0.39 is 54.2 Å². The van der Waals surface area contributed by atoms with Crippen LogP contribution in [0.25, 0.3) is 6.08 Å². The molecule has 0 aromatic carbocycles. The van der Waals surface area contributed by atoms with Crippen LogP contribution in [0.4, 0.5) is 5.82 Å². The molecular weight excluding hydrogens is 501 g/mol. The Morgan fingerprint density at radius 2 is 1.88 bits per heavy atom. The van der Waals surface area contributed by atoms with Gasteiger partial charge in [0, 0.05) is 24.7 Å². The van der Waals surface area contributed by atoms with E-state index in [2.05, 4.69) is 18.1 Å². The van der Waals surface area contributed by atoms with Crippen molar-refractivity contribution in [2.75, 3.05) is 18.9 Å². The molecule has 0 bridgehead atoms. The number of aliphatic hydroxyl groups excluding tert-OH is 1. The van der Waals surface area contributed by atoms with Crippen LogP contribution < -0.4 is 17.2 Å². The molecule has 1 aliphatic heterocycles. The molecule has 2 rings (SSSR count). The molecule has 0 radical (unpaired) electrons. The van der Waals surface area contributed by atoms with Crippen molar-refractivity contribution in [1.82, 2.24) is 9.55 Å². The Labute approximate surface area is 179 Å². The molecule has 2 heterocycles. The summed E-state index contributed by atoms with van der Waals surface area (Å²) in [6, 6.07) is 0. The number of rotatable bonds is 10. The standard InChI is InChI=1S/C12H21N4O13P3/c13-3-1-2-7-5-16(12(18)15-11(7)14)10-4-8(17)9(27-10)6-26-31(22,23)29-32(24,25)28-30(19,20)21/h1-2,5,8-10,17H,3-4,6,13H2,(H,22,23)(H,24,25)(H2,14,15,18)(H2,19,20,21)/t8-,9-,10-/m1/s1. The van der Waals surface area contributed by atoms with Crippen LogP contribution in [-0.4, -0.2) is 59.6 Å². The van der Waals surface area contributed by atoms with Gasteiger partial charge in [-0.05, 0) is 0 Å². The van der Waals surface area contributed by atoms with E-state index in [1.807, 2.05) is 0 Å². The van der Waals surface area contributed by atoms with Gasteiger partial charge >= 0.3 is 29.2 Å². The average Bonchev–Trinajstić information content (AvgIpc) is 2.97. The molecule has 0 amide bonds. The lowest BCUT2D eigenvalue weighted by atomic mass is 10.2. The van der Waals surface area contributed by atoms with E-state index in [-0.39, 0.29) is 18.8 Å². The van der Waals surface area contributed by atoms with Gasteiger partial charge in [-0.2, -0.15) is 13.6 Å². The smallest absolute Gasteiger partial charge is 0.390 e. The maximum Gasteiger partial charge on any atom is 0.490 e. The molecule has 1 aromatic heterocycles. The number of nitrogens with zero attached hydrogens (tertiary/aromatic N) is 2. The topological polar surface area (TPSA) is 276 Å². The van der Waals surface area contributed by atoms with Gasteiger partial charge in [0.1, 0.15) is 18.1 Å². The van der Waals surface area contributed by atoms with Gasteiger partial charge in [-0.15, -0.1) is 0 Å². The molecule has 9 N–H and O–H groups in total. The minimum Gasteiger partial charge on any atom is -0.390 e. The summed E-state index contributed by atoms with van der Waals surface area (Å²) in [5.74, 6) is -0.0706. The van der Waals surface area contributed by atoms with Gasteiger partial charge in [0.05, 0.1) is 12.7 Å². The first-order valence-corrected chi connectivity index (χ1v) is 13.0. The Hall–Kier alpha value is -1.29. The van der Waals surface area contributed by atoms with E-state index in [9.17, 15) is 28.5 Å². The molecule has 0 aliphatic carbocycles. The Morgan fingerprint density at radius 3 is 2.47 bits per heavy atom. The van der Waals surface area contributed by atoms with Crippen molar-refractivity contribution in [3.8, 4) is 0 Å². The normalized spacial score (nSPS) is 25.6. The maximum absolute atomic E-state index is 12.1. The second-order valence-electron chi connectivity index (χ2n) is 6.23. The van der Waals surface area contributed by atoms with Crippen molar-refractivity contribution >= 4 is 35.4 Å². The number of phosphoric acid groups is 3. The maximum atomic E-state index is 12.1. The van der Waals surface area contributed by atoms with E-state index in [0.717, 1.165) is 4.57 Å². The number of nitrogens with two attached hydrogens (primary N) is 2. The predicted octanol–water partition coefficient (Wildman–Crippen LogP) is -1.21. The first-order chi connectivity index (χ1) is 14.6. The Kier molecular flexibility index (Phi) is 8.70. The Bertz CT molecular complexity index is 1060. The molecule has 0 saturated carbocycles. The third-order valence-corrected chi connectivity index (χ3v) is 7.58. The number of aromatic nitrogens is 2. The summed E-state index contributed by atoms with van der Waals surface area (Å²) in [6.07, 6.45) is 0.492. The van der Waals surface area contributed by atoms with E-state index in [1.165, 1.54) is 12.3 Å². The molecular formula is C12H21N4O13P3. The van der Waals surface area contributed by atoms with Crippen LogP contribution in [0.3, 0.4) is 0 Å². The fourth-order valence-corrected chi connectivity index (χ4v) is 5.56. The molecule has 5 atom stereocenters. The van der Waals surface area contributed by atoms with Crippen LogP contribution in [0, 0.1) is 0 Å². The highest BCUT2D eigenvalue weighted by Gasteiger charge is 2.43. The monoisotopic (exact) mass is 522 g/mol. The molecule has 2 unspecified atom stereocenters. The lowest BCUT2D eigenvalue weighted by Gasteiger charge is -2.19. The molecule has 1 aromatic rings. The third-order valence-electron chi connectivity index (χ3n) is 3.78. The van der Waals surface area contributed by atoms with Crippen LogP contribution in [0.5, 0.6) is 0 Å². The van der Waals surface area contributed by atoms with Crippen LogP contribution in [-0.2, 0) is 31.6 Å². The summed E-state index contributed by atoms with van der Waals surface area (Å²) in [6.45, 7) is -0.682. The van der Waals surface area contributed by atoms with Crippen LogP contribution in [0.2, 0.25) is 0 Å². The van der Waals surface area contributed by atoms with Crippen LogP contribution in [0.1, 0.15) is 18.2 Å². The summed E-state index contributed by atoms with van der Waals surface area (Å²) in [5.41, 5.74) is 10.6. The molecule has 0 spiro atoms. The fraction of sp³-hybridized carbons (Fsp3) is 0.500. The Balaban J connectivity index is 2.07. The van der Waals surface area contributed by atoms with E-state index in [4.69, 9.17) is 30.9 Å². The highest BCUT2D eigenvalue weighted by atomic mass is 31.3. The number of anilines is 1. The summed E-state index contributed by atoms with van der Waals surface area (Å²) in [5, 5.41) is 10.1. The number of ether oxygens (including phenoxy) is 1. The van der Waals surface area contributed by atoms with Crippen molar-refractivity contribution in [3.05, 3.63) is 28.3 Å². The third kappa shape index (κ3) is 7.93. The molecule has 32 heavy (non-hydrogen) atoms. The zero-order valence-corrected chi connectivity index (χ0v) is 18.7. The molecule has 182 valence electrons. The molecule has 20 heteroatoms. The number of hydrogen-bond acceptors (Lipinski definition) is 12. The highest BCUT2D eigenvalue weighted by Crippen LogP contribution is 2.66. The lowest BCUT2D eigenvalue weighted by molar-refractivity contribution is -0.0449. The van der Waals surface area contributed by atoms with Gasteiger partial charge in [0.2, 0.25) is 0 Å². The van der Waals surface area contributed by atoms with Crippen molar-refractivity contribution in [2.24, 2.45) is 5.73 Å². The zero-order valence-electron chi connectivity index (χ0n) is 16.0. The number of nitrogen functional groups attached to an aromatic ring is 1. The summed E-state index contributed by atoms with van der Waals surface area (Å²) in [4.78, 5) is 51.4. The lowest BCUT2D eigenvalue weighted by Crippen LogP contribution is -2.29. The first kappa shape index (κ1) is 27.0. The van der Waals surface area contributed by atoms with Gasteiger partial charge < -0.3 is 40.9 Å². The largest absolute Gasteiger partial charge is 0.490 e. The first-order valence-electron chi connectivity index (χ1n) is 8.49. The molecule has 1 aliphatic rings. The van der Waals surface area contributed by atoms with Gasteiger partial charge in [-0.1, -0.05) is 12.2 Å². The van der Waals surface area contributed by atoms with Gasteiger partial charge in [-0.3, -0.25) is 9.09 Å². The summed E-state index contributed by atoms with van der Waals surface area (Å²) >= 11 is 0.